The van der Waals surface area contributed by atoms with Gasteiger partial charge in [0.05, 0.1) is 11.1 Å². The molecule has 2 aromatic carbocycles. The van der Waals surface area contributed by atoms with Crippen LogP contribution < -0.4 is 14.8 Å². The molecule has 0 aliphatic carbocycles. The molecule has 0 saturated carbocycles. The maximum atomic E-state index is 6.10. The standard InChI is InChI=1S/C24H35BrN2O2.2ClH/c1-5-27(6-2)14-8-13-26-17-21-15-22(25)24(23(16-21)28-7-3)29-18-20-11-9-19(4)10-12-20;;/h9-12,15-16,26H,5-8,13-14,17-18H2,1-4H3;2*1H. The summed E-state index contributed by atoms with van der Waals surface area (Å²) < 4.78 is 12.9. The Bertz CT molecular complexity index is 741. The van der Waals surface area contributed by atoms with Gasteiger partial charge in [0.25, 0.3) is 0 Å². The van der Waals surface area contributed by atoms with Crippen LogP contribution in [-0.4, -0.2) is 37.7 Å². The molecule has 0 aromatic heterocycles. The summed E-state index contributed by atoms with van der Waals surface area (Å²) in [4.78, 5) is 2.45. The van der Waals surface area contributed by atoms with Gasteiger partial charge in [-0.1, -0.05) is 43.7 Å². The molecule has 176 valence electrons. The molecule has 0 amide bonds. The lowest BCUT2D eigenvalue weighted by Crippen LogP contribution is -2.27. The Labute approximate surface area is 209 Å². The maximum Gasteiger partial charge on any atom is 0.175 e. The second-order valence-corrected chi connectivity index (χ2v) is 8.02. The van der Waals surface area contributed by atoms with Crippen molar-refractivity contribution in [2.75, 3.05) is 32.8 Å². The number of hydrogen-bond donors (Lipinski definition) is 1. The van der Waals surface area contributed by atoms with Crippen molar-refractivity contribution in [3.8, 4) is 11.5 Å². The Balaban J connectivity index is 0.00000450. The van der Waals surface area contributed by atoms with Crippen molar-refractivity contribution in [1.29, 1.82) is 0 Å². The highest BCUT2D eigenvalue weighted by molar-refractivity contribution is 9.10. The van der Waals surface area contributed by atoms with E-state index < -0.39 is 0 Å². The number of aryl methyl sites for hydroxylation is 1. The molecule has 1 N–H and O–H groups in total. The second-order valence-electron chi connectivity index (χ2n) is 7.17. The van der Waals surface area contributed by atoms with E-state index in [-0.39, 0.29) is 24.8 Å². The summed E-state index contributed by atoms with van der Waals surface area (Å²) in [5, 5.41) is 3.54. The van der Waals surface area contributed by atoms with E-state index >= 15 is 0 Å². The molecule has 0 radical (unpaired) electrons. The minimum absolute atomic E-state index is 0. The number of halogens is 3. The van der Waals surface area contributed by atoms with Crippen LogP contribution in [0.1, 0.15) is 43.9 Å². The molecular weight excluding hydrogens is 499 g/mol. The van der Waals surface area contributed by atoms with Crippen LogP contribution in [0, 0.1) is 6.92 Å². The van der Waals surface area contributed by atoms with Gasteiger partial charge in [-0.2, -0.15) is 0 Å². The molecule has 0 fully saturated rings. The molecule has 7 heteroatoms. The van der Waals surface area contributed by atoms with Gasteiger partial charge in [0.2, 0.25) is 0 Å². The van der Waals surface area contributed by atoms with Gasteiger partial charge in [-0.05, 0) is 85.6 Å². The molecule has 0 saturated heterocycles. The highest BCUT2D eigenvalue weighted by Gasteiger charge is 2.13. The van der Waals surface area contributed by atoms with E-state index in [4.69, 9.17) is 9.47 Å². The highest BCUT2D eigenvalue weighted by atomic mass is 79.9. The van der Waals surface area contributed by atoms with Crippen molar-refractivity contribution >= 4 is 40.7 Å². The average Bonchev–Trinajstić information content (AvgIpc) is 2.71. The molecule has 0 spiro atoms. The van der Waals surface area contributed by atoms with Crippen molar-refractivity contribution in [2.45, 2.75) is 47.3 Å². The smallest absolute Gasteiger partial charge is 0.175 e. The molecule has 2 aromatic rings. The fraction of sp³-hybridized carbons (Fsp3) is 0.500. The largest absolute Gasteiger partial charge is 0.490 e. The van der Waals surface area contributed by atoms with E-state index in [0.717, 1.165) is 60.7 Å². The fourth-order valence-electron chi connectivity index (χ4n) is 3.17. The first kappa shape index (κ1) is 30.0. The molecule has 2 rings (SSSR count). The molecule has 0 aliphatic heterocycles. The number of rotatable bonds is 13. The van der Waals surface area contributed by atoms with Gasteiger partial charge in [-0.15, -0.1) is 24.8 Å². The lowest BCUT2D eigenvalue weighted by molar-refractivity contribution is 0.267. The number of hydrogen-bond acceptors (Lipinski definition) is 4. The molecule has 0 heterocycles. The maximum absolute atomic E-state index is 6.10. The molecule has 0 unspecified atom stereocenters. The third-order valence-corrected chi connectivity index (χ3v) is 5.51. The van der Waals surface area contributed by atoms with E-state index in [9.17, 15) is 0 Å². The van der Waals surface area contributed by atoms with Gasteiger partial charge >= 0.3 is 0 Å². The van der Waals surface area contributed by atoms with Crippen molar-refractivity contribution < 1.29 is 9.47 Å². The summed E-state index contributed by atoms with van der Waals surface area (Å²) in [5.74, 6) is 1.55. The van der Waals surface area contributed by atoms with Crippen molar-refractivity contribution in [3.63, 3.8) is 0 Å². The van der Waals surface area contributed by atoms with Crippen molar-refractivity contribution in [2.24, 2.45) is 0 Å². The minimum Gasteiger partial charge on any atom is -0.490 e. The summed E-state index contributed by atoms with van der Waals surface area (Å²) in [5.41, 5.74) is 3.58. The number of nitrogens with one attached hydrogen (secondary N) is 1. The average molecular weight is 536 g/mol. The zero-order valence-electron chi connectivity index (χ0n) is 19.1. The van der Waals surface area contributed by atoms with E-state index in [1.807, 2.05) is 6.92 Å². The summed E-state index contributed by atoms with van der Waals surface area (Å²) in [6, 6.07) is 12.6. The van der Waals surface area contributed by atoms with Gasteiger partial charge in [-0.25, -0.2) is 0 Å². The van der Waals surface area contributed by atoms with Crippen LogP contribution in [0.3, 0.4) is 0 Å². The van der Waals surface area contributed by atoms with Crippen LogP contribution in [0.4, 0.5) is 0 Å². The molecular formula is C24H37BrCl2N2O2. The van der Waals surface area contributed by atoms with E-state index in [1.54, 1.807) is 0 Å². The zero-order chi connectivity index (χ0) is 21.1. The lowest BCUT2D eigenvalue weighted by Gasteiger charge is -2.18. The van der Waals surface area contributed by atoms with E-state index in [1.165, 1.54) is 11.1 Å². The van der Waals surface area contributed by atoms with Crippen LogP contribution in [0.25, 0.3) is 0 Å². The molecule has 4 nitrogen and oxygen atoms in total. The monoisotopic (exact) mass is 534 g/mol. The summed E-state index contributed by atoms with van der Waals surface area (Å²) in [6.45, 7) is 14.8. The van der Waals surface area contributed by atoms with Crippen molar-refractivity contribution in [3.05, 3.63) is 57.6 Å². The fourth-order valence-corrected chi connectivity index (χ4v) is 3.77. The molecule has 0 atom stereocenters. The Morgan fingerprint density at radius 1 is 0.935 bits per heavy atom. The topological polar surface area (TPSA) is 33.7 Å². The first-order valence-corrected chi connectivity index (χ1v) is 11.4. The Hall–Kier alpha value is -0.980. The molecule has 0 bridgehead atoms. The Kier molecular flexibility index (Phi) is 16.1. The van der Waals surface area contributed by atoms with Gasteiger partial charge < -0.3 is 19.7 Å². The van der Waals surface area contributed by atoms with E-state index in [2.05, 4.69) is 83.3 Å². The van der Waals surface area contributed by atoms with Crippen LogP contribution in [0.15, 0.2) is 40.9 Å². The Morgan fingerprint density at radius 3 is 2.23 bits per heavy atom. The van der Waals surface area contributed by atoms with Crippen molar-refractivity contribution in [1.82, 2.24) is 10.2 Å². The zero-order valence-corrected chi connectivity index (χ0v) is 22.3. The van der Waals surface area contributed by atoms with Crippen LogP contribution in [0.2, 0.25) is 0 Å². The molecule has 31 heavy (non-hydrogen) atoms. The van der Waals surface area contributed by atoms with Crippen LogP contribution >= 0.6 is 40.7 Å². The third kappa shape index (κ3) is 10.5. The summed E-state index contributed by atoms with van der Waals surface area (Å²) in [7, 11) is 0. The van der Waals surface area contributed by atoms with Gasteiger partial charge in [0.15, 0.2) is 11.5 Å². The SMILES string of the molecule is CCOc1cc(CNCCCN(CC)CC)cc(Br)c1OCc1ccc(C)cc1.Cl.Cl. The number of nitrogens with zero attached hydrogens (tertiary/aromatic N) is 1. The van der Waals surface area contributed by atoms with Gasteiger partial charge in [0.1, 0.15) is 6.61 Å². The number of benzene rings is 2. The summed E-state index contributed by atoms with van der Waals surface area (Å²) >= 11 is 3.67. The Morgan fingerprint density at radius 2 is 1.61 bits per heavy atom. The predicted octanol–water partition coefficient (Wildman–Crippen LogP) is 6.40. The highest BCUT2D eigenvalue weighted by Crippen LogP contribution is 2.37. The minimum atomic E-state index is 0. The lowest BCUT2D eigenvalue weighted by atomic mass is 10.1. The summed E-state index contributed by atoms with van der Waals surface area (Å²) in [6.07, 6.45) is 1.15. The number of ether oxygens (including phenoxy) is 2. The van der Waals surface area contributed by atoms with Gasteiger partial charge in [-0.3, -0.25) is 0 Å². The third-order valence-electron chi connectivity index (χ3n) is 4.92. The first-order valence-electron chi connectivity index (χ1n) is 10.6. The first-order chi connectivity index (χ1) is 14.1. The van der Waals surface area contributed by atoms with Crippen LogP contribution in [-0.2, 0) is 13.2 Å². The predicted molar refractivity (Wildman–Crippen MR) is 139 cm³/mol. The normalized spacial score (nSPS) is 10.4. The van der Waals surface area contributed by atoms with Crippen LogP contribution in [0.5, 0.6) is 11.5 Å². The molecule has 0 aliphatic rings. The second kappa shape index (κ2) is 16.6. The quantitative estimate of drug-likeness (QED) is 0.301. The van der Waals surface area contributed by atoms with E-state index in [0.29, 0.717) is 13.2 Å². The van der Waals surface area contributed by atoms with Gasteiger partial charge in [0, 0.05) is 6.54 Å².